The van der Waals surface area contributed by atoms with Gasteiger partial charge in [-0.05, 0) is 23.8 Å². The summed E-state index contributed by atoms with van der Waals surface area (Å²) in [6.45, 7) is 0.487. The fraction of sp³-hybridized carbons (Fsp3) is 0.118. The molecule has 1 N–H and O–H groups in total. The van der Waals surface area contributed by atoms with Crippen LogP contribution in [0.1, 0.15) is 5.56 Å². The zero-order valence-corrected chi connectivity index (χ0v) is 13.8. The second-order valence-electron chi connectivity index (χ2n) is 4.89. The normalized spacial score (nSPS) is 10.7. The molecule has 0 fully saturated rings. The Morgan fingerprint density at radius 1 is 1.09 bits per heavy atom. The molecule has 0 aliphatic rings. The number of carbonyl (C=O) groups excluding carboxylic acids is 1. The van der Waals surface area contributed by atoms with Crippen molar-refractivity contribution < 1.29 is 4.79 Å². The summed E-state index contributed by atoms with van der Waals surface area (Å²) in [5.41, 5.74) is 1.90. The zero-order valence-electron chi connectivity index (χ0n) is 12.2. The smallest absolute Gasteiger partial charge is 0.230 e. The van der Waals surface area contributed by atoms with Gasteiger partial charge in [0.15, 0.2) is 0 Å². The van der Waals surface area contributed by atoms with E-state index in [0.717, 1.165) is 21.5 Å². The molecule has 0 saturated carbocycles. The predicted molar refractivity (Wildman–Crippen MR) is 93.6 cm³/mol. The molecule has 4 nitrogen and oxygen atoms in total. The molecule has 0 unspecified atom stereocenters. The van der Waals surface area contributed by atoms with Crippen LogP contribution in [0.3, 0.4) is 0 Å². The molecular weight excluding hydrogens is 330 g/mol. The first-order chi connectivity index (χ1) is 11.2. The van der Waals surface area contributed by atoms with E-state index in [2.05, 4.69) is 15.3 Å². The number of benzene rings is 2. The third-order valence-electron chi connectivity index (χ3n) is 3.25. The first-order valence-electron chi connectivity index (χ1n) is 7.06. The number of fused-ring (bicyclic) bond motifs is 1. The second kappa shape index (κ2) is 7.44. The number of aromatic nitrogens is 2. The van der Waals surface area contributed by atoms with E-state index in [1.54, 1.807) is 0 Å². The van der Waals surface area contributed by atoms with Crippen molar-refractivity contribution in [2.45, 2.75) is 11.6 Å². The van der Waals surface area contributed by atoms with Crippen molar-refractivity contribution in [3.05, 3.63) is 65.4 Å². The van der Waals surface area contributed by atoms with Crippen LogP contribution in [0.15, 0.2) is 59.9 Å². The van der Waals surface area contributed by atoms with Crippen LogP contribution in [0, 0.1) is 0 Å². The first-order valence-corrected chi connectivity index (χ1v) is 8.42. The Morgan fingerprint density at radius 3 is 2.70 bits per heavy atom. The zero-order chi connectivity index (χ0) is 16.1. The van der Waals surface area contributed by atoms with Gasteiger partial charge in [0, 0.05) is 17.0 Å². The van der Waals surface area contributed by atoms with Gasteiger partial charge in [-0.15, -0.1) is 0 Å². The van der Waals surface area contributed by atoms with Crippen molar-refractivity contribution in [2.75, 3.05) is 5.75 Å². The molecule has 116 valence electrons. The summed E-state index contributed by atoms with van der Waals surface area (Å²) in [6, 6.07) is 15.2. The lowest BCUT2D eigenvalue weighted by molar-refractivity contribution is -0.118. The average molecular weight is 344 g/mol. The molecule has 6 heteroatoms. The van der Waals surface area contributed by atoms with Gasteiger partial charge in [-0.3, -0.25) is 4.79 Å². The molecule has 1 amide bonds. The first kappa shape index (κ1) is 15.8. The maximum atomic E-state index is 12.0. The van der Waals surface area contributed by atoms with Crippen molar-refractivity contribution in [2.24, 2.45) is 0 Å². The molecule has 3 aromatic rings. The van der Waals surface area contributed by atoms with E-state index in [0.29, 0.717) is 17.3 Å². The van der Waals surface area contributed by atoms with Crippen LogP contribution in [0.4, 0.5) is 0 Å². The van der Waals surface area contributed by atoms with Crippen LogP contribution in [-0.4, -0.2) is 21.6 Å². The Hall–Kier alpha value is -2.11. The molecule has 2 aromatic carbocycles. The van der Waals surface area contributed by atoms with Crippen molar-refractivity contribution in [1.29, 1.82) is 0 Å². The van der Waals surface area contributed by atoms with E-state index in [4.69, 9.17) is 11.6 Å². The number of rotatable bonds is 5. The molecule has 1 heterocycles. The van der Waals surface area contributed by atoms with Gasteiger partial charge in [-0.2, -0.15) is 0 Å². The van der Waals surface area contributed by atoms with Gasteiger partial charge in [-0.25, -0.2) is 9.97 Å². The molecule has 0 aliphatic heterocycles. The molecular formula is C17H14ClN3OS. The standard InChI is InChI=1S/C17H14ClN3OS/c18-13-7-5-12(6-8-13)9-19-16(22)10-23-17-14-3-1-2-4-15(14)20-11-21-17/h1-8,11H,9-10H2,(H,19,22). The Balaban J connectivity index is 1.57. The third-order valence-corrected chi connectivity index (χ3v) is 4.51. The minimum absolute atomic E-state index is 0.0346. The number of hydrogen-bond acceptors (Lipinski definition) is 4. The van der Waals surface area contributed by atoms with Crippen molar-refractivity contribution >= 4 is 40.2 Å². The molecule has 0 bridgehead atoms. The van der Waals surface area contributed by atoms with Crippen LogP contribution in [-0.2, 0) is 11.3 Å². The number of amides is 1. The number of halogens is 1. The molecule has 3 rings (SSSR count). The summed E-state index contributed by atoms with van der Waals surface area (Å²) in [6.07, 6.45) is 1.52. The van der Waals surface area contributed by atoms with Crippen molar-refractivity contribution in [3.63, 3.8) is 0 Å². The van der Waals surface area contributed by atoms with E-state index in [1.165, 1.54) is 18.1 Å². The van der Waals surface area contributed by atoms with Gasteiger partial charge in [-0.1, -0.05) is 53.7 Å². The van der Waals surface area contributed by atoms with Crippen LogP contribution in [0.5, 0.6) is 0 Å². The lowest BCUT2D eigenvalue weighted by atomic mass is 10.2. The van der Waals surface area contributed by atoms with Crippen molar-refractivity contribution in [3.8, 4) is 0 Å². The Labute approximate surface area is 143 Å². The molecule has 0 saturated heterocycles. The average Bonchev–Trinajstić information content (AvgIpc) is 2.59. The lowest BCUT2D eigenvalue weighted by Crippen LogP contribution is -2.24. The number of nitrogens with one attached hydrogen (secondary N) is 1. The summed E-state index contributed by atoms with van der Waals surface area (Å²) in [5.74, 6) is 0.279. The van der Waals surface area contributed by atoms with Gasteiger partial charge < -0.3 is 5.32 Å². The summed E-state index contributed by atoms with van der Waals surface area (Å²) in [7, 11) is 0. The van der Waals surface area contributed by atoms with Crippen molar-refractivity contribution in [1.82, 2.24) is 15.3 Å². The minimum atomic E-state index is -0.0346. The van der Waals surface area contributed by atoms with E-state index < -0.39 is 0 Å². The van der Waals surface area contributed by atoms with Crippen LogP contribution >= 0.6 is 23.4 Å². The summed E-state index contributed by atoms with van der Waals surface area (Å²) >= 11 is 7.25. The lowest BCUT2D eigenvalue weighted by Gasteiger charge is -2.06. The van der Waals surface area contributed by atoms with E-state index >= 15 is 0 Å². The molecule has 23 heavy (non-hydrogen) atoms. The minimum Gasteiger partial charge on any atom is -0.351 e. The second-order valence-corrected chi connectivity index (χ2v) is 6.29. The molecule has 0 spiro atoms. The van der Waals surface area contributed by atoms with Gasteiger partial charge >= 0.3 is 0 Å². The summed E-state index contributed by atoms with van der Waals surface area (Å²) < 4.78 is 0. The summed E-state index contributed by atoms with van der Waals surface area (Å²) in [5, 5.41) is 5.36. The van der Waals surface area contributed by atoms with Gasteiger partial charge in [0.25, 0.3) is 0 Å². The highest BCUT2D eigenvalue weighted by Crippen LogP contribution is 2.23. The SMILES string of the molecule is O=C(CSc1ncnc2ccccc12)NCc1ccc(Cl)cc1. The summed E-state index contributed by atoms with van der Waals surface area (Å²) in [4.78, 5) is 20.5. The predicted octanol–water partition coefficient (Wildman–Crippen LogP) is 3.69. The topological polar surface area (TPSA) is 54.9 Å². The number of carbonyl (C=O) groups is 1. The Kier molecular flexibility index (Phi) is 5.10. The third kappa shape index (κ3) is 4.21. The number of hydrogen-bond donors (Lipinski definition) is 1. The van der Waals surface area contributed by atoms with Gasteiger partial charge in [0.1, 0.15) is 11.4 Å². The number of thioether (sulfide) groups is 1. The van der Waals surface area contributed by atoms with Gasteiger partial charge in [0.05, 0.1) is 11.3 Å². The number of para-hydroxylation sites is 1. The quantitative estimate of drug-likeness (QED) is 0.567. The monoisotopic (exact) mass is 343 g/mol. The van der Waals surface area contributed by atoms with E-state index in [9.17, 15) is 4.79 Å². The van der Waals surface area contributed by atoms with Crippen LogP contribution in [0.25, 0.3) is 10.9 Å². The molecule has 1 aromatic heterocycles. The highest BCUT2D eigenvalue weighted by atomic mass is 35.5. The van der Waals surface area contributed by atoms with E-state index in [-0.39, 0.29) is 5.91 Å². The maximum absolute atomic E-state index is 12.0. The molecule has 0 atom stereocenters. The maximum Gasteiger partial charge on any atom is 0.230 e. The van der Waals surface area contributed by atoms with Crippen LogP contribution < -0.4 is 5.32 Å². The van der Waals surface area contributed by atoms with E-state index in [1.807, 2.05) is 48.5 Å². The largest absolute Gasteiger partial charge is 0.351 e. The fourth-order valence-electron chi connectivity index (χ4n) is 2.08. The highest BCUT2D eigenvalue weighted by molar-refractivity contribution is 8.00. The fourth-order valence-corrected chi connectivity index (χ4v) is 3.03. The Bertz CT molecular complexity index is 818. The molecule has 0 radical (unpaired) electrons. The Morgan fingerprint density at radius 2 is 1.87 bits per heavy atom. The van der Waals surface area contributed by atoms with Gasteiger partial charge in [0.2, 0.25) is 5.91 Å². The highest BCUT2D eigenvalue weighted by Gasteiger charge is 2.07. The van der Waals surface area contributed by atoms with Crippen LogP contribution in [0.2, 0.25) is 5.02 Å². The molecule has 0 aliphatic carbocycles. The number of nitrogens with zero attached hydrogens (tertiary/aromatic N) is 2.